The van der Waals surface area contributed by atoms with Crippen LogP contribution in [0.4, 0.5) is 0 Å². The molecule has 0 aromatic carbocycles. The van der Waals surface area contributed by atoms with Crippen molar-refractivity contribution in [2.45, 2.75) is 37.1 Å². The summed E-state index contributed by atoms with van der Waals surface area (Å²) in [6, 6.07) is 0.0654. The average molecular weight is 276 g/mol. The van der Waals surface area contributed by atoms with Gasteiger partial charge in [-0.3, -0.25) is 0 Å². The minimum Gasteiger partial charge on any atom is -0.225 e. The van der Waals surface area contributed by atoms with E-state index in [9.17, 15) is 8.42 Å². The maximum atomic E-state index is 11.9. The molecule has 0 spiro atoms. The molecule has 0 radical (unpaired) electrons. The number of sulfonamides is 1. The first-order valence-electron chi connectivity index (χ1n) is 5.53. The minimum atomic E-state index is -3.50. The molecule has 1 aromatic heterocycles. The molecule has 0 aliphatic heterocycles. The van der Waals surface area contributed by atoms with Crippen LogP contribution in [0, 0.1) is 5.92 Å². The summed E-state index contributed by atoms with van der Waals surface area (Å²) in [7, 11) is -3.50. The van der Waals surface area contributed by atoms with Crippen LogP contribution in [-0.4, -0.2) is 24.4 Å². The number of halogens is 1. The Morgan fingerprint density at radius 2 is 2.12 bits per heavy atom. The van der Waals surface area contributed by atoms with Crippen molar-refractivity contribution in [2.75, 3.05) is 0 Å². The van der Waals surface area contributed by atoms with Crippen molar-refractivity contribution < 1.29 is 8.42 Å². The topological polar surface area (TPSA) is 72.0 Å². The van der Waals surface area contributed by atoms with Gasteiger partial charge < -0.3 is 0 Å². The highest BCUT2D eigenvalue weighted by atomic mass is 35.5. The summed E-state index contributed by atoms with van der Waals surface area (Å²) in [5, 5.41) is 0.0410. The average Bonchev–Trinajstić information content (AvgIpc) is 2.96. The molecule has 0 bridgehead atoms. The Morgan fingerprint density at radius 1 is 1.47 bits per heavy atom. The summed E-state index contributed by atoms with van der Waals surface area (Å²) in [6.45, 7) is 2.09. The molecule has 5 nitrogen and oxygen atoms in total. The predicted octanol–water partition coefficient (Wildman–Crippen LogP) is 1.60. The van der Waals surface area contributed by atoms with Crippen molar-refractivity contribution in [2.24, 2.45) is 5.92 Å². The van der Waals surface area contributed by atoms with Crippen molar-refractivity contribution in [1.82, 2.24) is 14.7 Å². The first kappa shape index (κ1) is 12.7. The molecule has 7 heteroatoms. The molecular weight excluding hydrogens is 262 g/mol. The van der Waals surface area contributed by atoms with Gasteiger partial charge in [-0.25, -0.2) is 23.1 Å². The highest BCUT2D eigenvalue weighted by Crippen LogP contribution is 2.35. The molecule has 2 unspecified atom stereocenters. The zero-order valence-electron chi connectivity index (χ0n) is 9.43. The molecule has 2 atom stereocenters. The van der Waals surface area contributed by atoms with Gasteiger partial charge in [0, 0.05) is 6.04 Å². The van der Waals surface area contributed by atoms with Gasteiger partial charge in [-0.2, -0.15) is 0 Å². The SMILES string of the molecule is CCCC1CC1NS(=O)(=O)c1cnc(Cl)nc1. The smallest absolute Gasteiger partial charge is 0.225 e. The standard InChI is InChI=1S/C10H14ClN3O2S/c1-2-3-7-4-9(7)14-17(15,16)8-5-12-10(11)13-6-8/h5-7,9,14H,2-4H2,1H3. The molecule has 1 heterocycles. The number of rotatable bonds is 5. The molecule has 2 rings (SSSR count). The van der Waals surface area contributed by atoms with E-state index in [1.807, 2.05) is 0 Å². The fraction of sp³-hybridized carbons (Fsp3) is 0.600. The van der Waals surface area contributed by atoms with Crippen LogP contribution >= 0.6 is 11.6 Å². The van der Waals surface area contributed by atoms with Gasteiger partial charge in [0.25, 0.3) is 0 Å². The molecular formula is C10H14ClN3O2S. The Bertz CT molecular complexity index is 489. The van der Waals surface area contributed by atoms with Crippen LogP contribution in [0.3, 0.4) is 0 Å². The Morgan fingerprint density at radius 3 is 2.71 bits per heavy atom. The highest BCUT2D eigenvalue weighted by Gasteiger charge is 2.39. The van der Waals surface area contributed by atoms with E-state index in [1.165, 1.54) is 12.4 Å². The molecule has 1 aliphatic rings. The Hall–Kier alpha value is -0.720. The maximum Gasteiger partial charge on any atom is 0.243 e. The van der Waals surface area contributed by atoms with E-state index in [2.05, 4.69) is 21.6 Å². The summed E-state index contributed by atoms with van der Waals surface area (Å²) in [5.74, 6) is 0.475. The predicted molar refractivity (Wildman–Crippen MR) is 64.2 cm³/mol. The molecule has 0 saturated heterocycles. The quantitative estimate of drug-likeness (QED) is 0.829. The summed E-state index contributed by atoms with van der Waals surface area (Å²) in [5.41, 5.74) is 0. The van der Waals surface area contributed by atoms with Crippen molar-refractivity contribution in [1.29, 1.82) is 0 Å². The second kappa shape index (κ2) is 4.88. The lowest BCUT2D eigenvalue weighted by Gasteiger charge is -2.05. The number of hydrogen-bond donors (Lipinski definition) is 1. The van der Waals surface area contributed by atoms with Gasteiger partial charge in [0.15, 0.2) is 0 Å². The van der Waals surface area contributed by atoms with Gasteiger partial charge in [0.2, 0.25) is 15.3 Å². The molecule has 94 valence electrons. The lowest BCUT2D eigenvalue weighted by atomic mass is 10.2. The van der Waals surface area contributed by atoms with Gasteiger partial charge in [-0.15, -0.1) is 0 Å². The van der Waals surface area contributed by atoms with Crippen molar-refractivity contribution in [3.63, 3.8) is 0 Å². The van der Waals surface area contributed by atoms with E-state index in [1.54, 1.807) is 0 Å². The second-order valence-electron chi connectivity index (χ2n) is 4.20. The molecule has 1 saturated carbocycles. The first-order valence-corrected chi connectivity index (χ1v) is 7.39. The third-order valence-electron chi connectivity index (χ3n) is 2.80. The lowest BCUT2D eigenvalue weighted by Crippen LogP contribution is -2.27. The van der Waals surface area contributed by atoms with Crippen LogP contribution < -0.4 is 4.72 Å². The fourth-order valence-electron chi connectivity index (χ4n) is 1.79. The number of aromatic nitrogens is 2. The monoisotopic (exact) mass is 275 g/mol. The van der Waals surface area contributed by atoms with Gasteiger partial charge in [-0.05, 0) is 30.4 Å². The van der Waals surface area contributed by atoms with E-state index < -0.39 is 10.0 Å². The number of hydrogen-bond acceptors (Lipinski definition) is 4. The Kier molecular flexibility index (Phi) is 3.65. The van der Waals surface area contributed by atoms with E-state index in [0.717, 1.165) is 19.3 Å². The van der Waals surface area contributed by atoms with E-state index in [4.69, 9.17) is 11.6 Å². The number of nitrogens with zero attached hydrogens (tertiary/aromatic N) is 2. The van der Waals surface area contributed by atoms with Crippen LogP contribution in [-0.2, 0) is 10.0 Å². The summed E-state index contributed by atoms with van der Waals surface area (Å²) >= 11 is 5.51. The molecule has 1 aliphatic carbocycles. The Balaban J connectivity index is 2.03. The molecule has 1 fully saturated rings. The maximum absolute atomic E-state index is 11.9. The first-order chi connectivity index (χ1) is 8.03. The van der Waals surface area contributed by atoms with Crippen LogP contribution in [0.15, 0.2) is 17.3 Å². The van der Waals surface area contributed by atoms with Gasteiger partial charge in [0.05, 0.1) is 12.4 Å². The molecule has 1 N–H and O–H groups in total. The molecule has 1 aromatic rings. The van der Waals surface area contributed by atoms with Crippen molar-refractivity contribution in [3.05, 3.63) is 17.7 Å². The van der Waals surface area contributed by atoms with Crippen LogP contribution in [0.2, 0.25) is 5.28 Å². The highest BCUT2D eigenvalue weighted by molar-refractivity contribution is 7.89. The van der Waals surface area contributed by atoms with Gasteiger partial charge in [0.1, 0.15) is 4.90 Å². The van der Waals surface area contributed by atoms with Crippen LogP contribution in [0.1, 0.15) is 26.2 Å². The van der Waals surface area contributed by atoms with Crippen molar-refractivity contribution >= 4 is 21.6 Å². The van der Waals surface area contributed by atoms with E-state index >= 15 is 0 Å². The minimum absolute atomic E-state index is 0.0410. The summed E-state index contributed by atoms with van der Waals surface area (Å²) in [6.07, 6.45) is 5.49. The number of nitrogens with one attached hydrogen (secondary N) is 1. The molecule has 0 amide bonds. The van der Waals surface area contributed by atoms with Crippen LogP contribution in [0.5, 0.6) is 0 Å². The molecule has 17 heavy (non-hydrogen) atoms. The zero-order valence-corrected chi connectivity index (χ0v) is 11.0. The van der Waals surface area contributed by atoms with Crippen molar-refractivity contribution in [3.8, 4) is 0 Å². The summed E-state index contributed by atoms with van der Waals surface area (Å²) in [4.78, 5) is 7.39. The third-order valence-corrected chi connectivity index (χ3v) is 4.44. The zero-order chi connectivity index (χ0) is 12.5. The largest absolute Gasteiger partial charge is 0.243 e. The third kappa shape index (κ3) is 3.14. The Labute approximate surface area is 106 Å². The van der Waals surface area contributed by atoms with E-state index in [0.29, 0.717) is 5.92 Å². The van der Waals surface area contributed by atoms with E-state index in [-0.39, 0.29) is 16.2 Å². The van der Waals surface area contributed by atoms with Gasteiger partial charge in [-0.1, -0.05) is 13.3 Å². The second-order valence-corrected chi connectivity index (χ2v) is 6.25. The summed E-state index contributed by atoms with van der Waals surface area (Å²) < 4.78 is 26.5. The lowest BCUT2D eigenvalue weighted by molar-refractivity contribution is 0.572. The normalized spacial score (nSPS) is 23.6. The fourth-order valence-corrected chi connectivity index (χ4v) is 3.09. The van der Waals surface area contributed by atoms with Crippen LogP contribution in [0.25, 0.3) is 0 Å². The van der Waals surface area contributed by atoms with Gasteiger partial charge >= 0.3 is 0 Å².